The van der Waals surface area contributed by atoms with E-state index in [1.165, 1.54) is 0 Å². The van der Waals surface area contributed by atoms with Gasteiger partial charge in [0.05, 0.1) is 0 Å². The van der Waals surface area contributed by atoms with E-state index in [0.717, 1.165) is 0 Å². The minimum Gasteiger partial charge on any atom is -0.365 e. The molecular weight excluding hydrogens is 124 g/mol. The highest BCUT2D eigenvalue weighted by Gasteiger charge is 2.47. The minimum absolute atomic E-state index is 3.50. The van der Waals surface area contributed by atoms with Crippen LogP contribution in [0.4, 0.5) is 0 Å². The van der Waals surface area contributed by atoms with Gasteiger partial charge >= 0.3 is 9.05 Å². The lowest BCUT2D eigenvalue weighted by Gasteiger charge is -1.93. The van der Waals surface area contributed by atoms with Crippen LogP contribution in [0.1, 0.15) is 0 Å². The van der Waals surface area contributed by atoms with Crippen LogP contribution in [0.25, 0.3) is 0 Å². The Morgan fingerprint density at radius 1 is 1.00 bits per heavy atom. The highest BCUT2D eigenvalue weighted by molar-refractivity contribution is 6.49. The Hall–Kier alpha value is -0.0231. The molecule has 1 aliphatic heterocycles. The first-order valence-corrected chi connectivity index (χ1v) is 3.07. The van der Waals surface area contributed by atoms with Crippen LogP contribution in [0.2, 0.25) is 0 Å². The quantitative estimate of drug-likeness (QED) is 0.295. The van der Waals surface area contributed by atoms with E-state index in [4.69, 9.17) is 9.59 Å². The Bertz CT molecular complexity index is 58.6. The van der Waals surface area contributed by atoms with Crippen molar-refractivity contribution in [2.75, 3.05) is 0 Å². The van der Waals surface area contributed by atoms with Crippen molar-refractivity contribution in [1.29, 1.82) is 0 Å². The van der Waals surface area contributed by atoms with Gasteiger partial charge in [0.2, 0.25) is 0 Å². The van der Waals surface area contributed by atoms with Crippen LogP contribution in [0.5, 0.6) is 0 Å². The SMILES string of the molecule is O[Si]1(O)OOOO1. The molecule has 0 saturated carbocycles. The van der Waals surface area contributed by atoms with Gasteiger partial charge in [-0.3, -0.25) is 0 Å². The lowest BCUT2D eigenvalue weighted by atomic mass is 14.4. The van der Waals surface area contributed by atoms with Crippen molar-refractivity contribution in [1.82, 2.24) is 0 Å². The summed E-state index contributed by atoms with van der Waals surface area (Å²) in [4.78, 5) is 16.4. The fraction of sp³-hybridized carbons (Fsp3) is 0. The van der Waals surface area contributed by atoms with Gasteiger partial charge in [0.15, 0.2) is 0 Å². The fourth-order valence-corrected chi connectivity index (χ4v) is 0.391. The zero-order chi connectivity index (χ0) is 5.33. The third-order valence-electron chi connectivity index (χ3n) is 0.313. The van der Waals surface area contributed by atoms with Gasteiger partial charge < -0.3 is 9.59 Å². The van der Waals surface area contributed by atoms with Crippen LogP contribution in [0.3, 0.4) is 0 Å². The maximum absolute atomic E-state index is 8.19. The summed E-state index contributed by atoms with van der Waals surface area (Å²) in [5.74, 6) is 0. The first-order chi connectivity index (χ1) is 3.21. The van der Waals surface area contributed by atoms with Gasteiger partial charge in [-0.15, -0.1) is 0 Å². The first kappa shape index (κ1) is 5.12. The highest BCUT2D eigenvalue weighted by Crippen LogP contribution is 2.07. The van der Waals surface area contributed by atoms with Crippen molar-refractivity contribution in [2.45, 2.75) is 0 Å². The molecule has 6 nitrogen and oxygen atoms in total. The van der Waals surface area contributed by atoms with Crippen molar-refractivity contribution in [2.24, 2.45) is 0 Å². The summed E-state index contributed by atoms with van der Waals surface area (Å²) in [7, 11) is -3.98. The van der Waals surface area contributed by atoms with Crippen molar-refractivity contribution in [3.63, 3.8) is 0 Å². The third-order valence-corrected chi connectivity index (χ3v) is 0.883. The minimum atomic E-state index is -3.98. The van der Waals surface area contributed by atoms with Crippen LogP contribution in [-0.2, 0) is 19.2 Å². The molecule has 0 bridgehead atoms. The Morgan fingerprint density at radius 2 is 1.43 bits per heavy atom. The molecular formula is H2O6Si. The number of rotatable bonds is 0. The van der Waals surface area contributed by atoms with E-state index in [-0.39, 0.29) is 0 Å². The van der Waals surface area contributed by atoms with Gasteiger partial charge in [-0.05, 0) is 10.1 Å². The van der Waals surface area contributed by atoms with Crippen LogP contribution >= 0.6 is 0 Å². The number of hydrogen-bond acceptors (Lipinski definition) is 6. The maximum Gasteiger partial charge on any atom is 0.735 e. The first-order valence-electron chi connectivity index (χ1n) is 1.36. The molecule has 0 unspecified atom stereocenters. The lowest BCUT2D eigenvalue weighted by Crippen LogP contribution is -2.36. The molecule has 1 fully saturated rings. The molecule has 0 amide bonds. The Labute approximate surface area is 39.1 Å². The van der Waals surface area contributed by atoms with E-state index in [1.54, 1.807) is 0 Å². The zero-order valence-corrected chi connectivity index (χ0v) is 4.03. The Morgan fingerprint density at radius 3 is 1.57 bits per heavy atom. The molecule has 0 aromatic heterocycles. The summed E-state index contributed by atoms with van der Waals surface area (Å²) in [6.45, 7) is 0. The highest BCUT2D eigenvalue weighted by atomic mass is 28.4. The van der Waals surface area contributed by atoms with Crippen LogP contribution in [-0.4, -0.2) is 18.6 Å². The zero-order valence-electron chi connectivity index (χ0n) is 3.03. The van der Waals surface area contributed by atoms with Gasteiger partial charge in [-0.25, -0.2) is 0 Å². The fourth-order valence-electron chi connectivity index (χ4n) is 0.130. The second kappa shape index (κ2) is 1.49. The largest absolute Gasteiger partial charge is 0.735 e. The predicted molar refractivity (Wildman–Crippen MR) is 14.5 cm³/mol. The monoisotopic (exact) mass is 126 g/mol. The van der Waals surface area contributed by atoms with E-state index in [9.17, 15) is 0 Å². The molecule has 2 N–H and O–H groups in total. The van der Waals surface area contributed by atoms with E-state index < -0.39 is 9.05 Å². The summed E-state index contributed by atoms with van der Waals surface area (Å²) in [5, 5.41) is 7.00. The molecule has 7 heteroatoms. The molecule has 0 spiro atoms. The second-order valence-corrected chi connectivity index (χ2v) is 2.28. The second-order valence-electron chi connectivity index (χ2n) is 0.851. The van der Waals surface area contributed by atoms with E-state index in [1.807, 2.05) is 0 Å². The lowest BCUT2D eigenvalue weighted by molar-refractivity contribution is -0.532. The summed E-state index contributed by atoms with van der Waals surface area (Å²) in [5.41, 5.74) is 0. The van der Waals surface area contributed by atoms with Crippen LogP contribution in [0.15, 0.2) is 0 Å². The van der Waals surface area contributed by atoms with E-state index in [2.05, 4.69) is 19.2 Å². The van der Waals surface area contributed by atoms with Crippen LogP contribution < -0.4 is 0 Å². The molecule has 0 aliphatic carbocycles. The molecule has 1 saturated heterocycles. The molecule has 1 heterocycles. The molecule has 1 aliphatic rings. The number of hydrogen-bond donors (Lipinski definition) is 2. The maximum atomic E-state index is 8.19. The summed E-state index contributed by atoms with van der Waals surface area (Å²) in [6.07, 6.45) is 0. The molecule has 0 aromatic carbocycles. The summed E-state index contributed by atoms with van der Waals surface area (Å²) < 4.78 is 7.29. The van der Waals surface area contributed by atoms with Crippen molar-refractivity contribution in [3.05, 3.63) is 0 Å². The van der Waals surface area contributed by atoms with E-state index >= 15 is 0 Å². The molecule has 7 heavy (non-hydrogen) atoms. The average Bonchev–Trinajstić information content (AvgIpc) is 1.84. The average molecular weight is 126 g/mol. The molecule has 0 atom stereocenters. The summed E-state index contributed by atoms with van der Waals surface area (Å²) >= 11 is 0. The van der Waals surface area contributed by atoms with Gasteiger partial charge in [-0.2, -0.15) is 9.15 Å². The predicted octanol–water partition coefficient (Wildman–Crippen LogP) is -1.77. The standard InChI is InChI=1S/H2O6Si/c1-7(2)5-3-4-6-7/h1-2H. The topological polar surface area (TPSA) is 77.4 Å². The Balaban J connectivity index is 2.40. The Kier molecular flexibility index (Phi) is 1.09. The molecule has 42 valence electrons. The van der Waals surface area contributed by atoms with Gasteiger partial charge in [0.1, 0.15) is 0 Å². The summed E-state index contributed by atoms with van der Waals surface area (Å²) in [6, 6.07) is 0. The smallest absolute Gasteiger partial charge is 0.365 e. The van der Waals surface area contributed by atoms with Gasteiger partial charge in [0, 0.05) is 0 Å². The third kappa shape index (κ3) is 1.17. The van der Waals surface area contributed by atoms with Crippen molar-refractivity contribution >= 4 is 9.05 Å². The molecule has 0 aromatic rings. The van der Waals surface area contributed by atoms with Gasteiger partial charge in [0.25, 0.3) is 0 Å². The van der Waals surface area contributed by atoms with Crippen LogP contribution in [0, 0.1) is 0 Å². The van der Waals surface area contributed by atoms with E-state index in [0.29, 0.717) is 0 Å². The molecule has 0 radical (unpaired) electrons. The van der Waals surface area contributed by atoms with Gasteiger partial charge in [-0.1, -0.05) is 0 Å². The molecule has 1 rings (SSSR count). The normalized spacial score (nSPS) is 28.3. The van der Waals surface area contributed by atoms with Crippen molar-refractivity contribution in [3.8, 4) is 0 Å². The van der Waals surface area contributed by atoms with Crippen molar-refractivity contribution < 1.29 is 28.8 Å².